The first-order valence-corrected chi connectivity index (χ1v) is 9.75. The number of benzene rings is 1. The minimum absolute atomic E-state index is 0.0312. The highest BCUT2D eigenvalue weighted by Gasteiger charge is 2.19. The van der Waals surface area contributed by atoms with Gasteiger partial charge in [0.25, 0.3) is 5.91 Å². The number of ether oxygens (including phenoxy) is 1. The molecule has 0 radical (unpaired) electrons. The summed E-state index contributed by atoms with van der Waals surface area (Å²) in [5, 5.41) is 15.0. The summed E-state index contributed by atoms with van der Waals surface area (Å²) in [5.74, 6) is -0.954. The zero-order valence-corrected chi connectivity index (χ0v) is 15.8. The molecule has 9 heteroatoms. The van der Waals surface area contributed by atoms with Gasteiger partial charge in [-0.25, -0.2) is 9.97 Å². The standard InChI is InChI=1S/C18H14N4O3S2/c1-11(16(24)22-13-4-2-3-12(7-13)8-19)25-15(23)9-27-18-14-5-6-26-17(14)20-10-21-18/h2-7,10-11H,9H2,1H3,(H,22,24)/t11-/m0/s1. The number of amides is 1. The van der Waals surface area contributed by atoms with Gasteiger partial charge in [-0.05, 0) is 36.6 Å². The summed E-state index contributed by atoms with van der Waals surface area (Å²) in [4.78, 5) is 33.4. The molecule has 0 saturated carbocycles. The van der Waals surface area contributed by atoms with E-state index in [4.69, 9.17) is 10.00 Å². The largest absolute Gasteiger partial charge is 0.452 e. The molecule has 0 unspecified atom stereocenters. The fraction of sp³-hybridized carbons (Fsp3) is 0.167. The smallest absolute Gasteiger partial charge is 0.317 e. The molecule has 0 spiro atoms. The van der Waals surface area contributed by atoms with Gasteiger partial charge in [-0.3, -0.25) is 9.59 Å². The summed E-state index contributed by atoms with van der Waals surface area (Å²) in [7, 11) is 0. The van der Waals surface area contributed by atoms with Crippen molar-refractivity contribution in [3.8, 4) is 6.07 Å². The number of nitriles is 1. The van der Waals surface area contributed by atoms with Crippen molar-refractivity contribution in [3.63, 3.8) is 0 Å². The van der Waals surface area contributed by atoms with Crippen LogP contribution in [-0.2, 0) is 14.3 Å². The summed E-state index contributed by atoms with van der Waals surface area (Å²) >= 11 is 2.74. The van der Waals surface area contributed by atoms with Gasteiger partial charge in [-0.2, -0.15) is 5.26 Å². The van der Waals surface area contributed by atoms with Crippen LogP contribution < -0.4 is 5.32 Å². The van der Waals surface area contributed by atoms with E-state index in [2.05, 4.69) is 15.3 Å². The number of rotatable bonds is 6. The molecule has 0 saturated heterocycles. The zero-order chi connectivity index (χ0) is 19.2. The van der Waals surface area contributed by atoms with Crippen molar-refractivity contribution in [1.29, 1.82) is 5.26 Å². The number of hydrogen-bond donors (Lipinski definition) is 1. The van der Waals surface area contributed by atoms with Gasteiger partial charge in [-0.15, -0.1) is 11.3 Å². The van der Waals surface area contributed by atoms with Crippen LogP contribution in [-0.4, -0.2) is 33.7 Å². The van der Waals surface area contributed by atoms with Crippen LogP contribution >= 0.6 is 23.1 Å². The van der Waals surface area contributed by atoms with Gasteiger partial charge in [0.15, 0.2) is 6.10 Å². The van der Waals surface area contributed by atoms with E-state index >= 15 is 0 Å². The molecule has 1 aromatic carbocycles. The summed E-state index contributed by atoms with van der Waals surface area (Å²) in [6, 6.07) is 10.4. The molecule has 7 nitrogen and oxygen atoms in total. The lowest BCUT2D eigenvalue weighted by atomic mass is 10.2. The third-order valence-corrected chi connectivity index (χ3v) is 5.29. The van der Waals surface area contributed by atoms with Crippen LogP contribution in [0.2, 0.25) is 0 Å². The summed E-state index contributed by atoms with van der Waals surface area (Å²) in [6.45, 7) is 1.49. The number of fused-ring (bicyclic) bond motifs is 1. The molecule has 3 rings (SSSR count). The predicted octanol–water partition coefficient (Wildman–Crippen LogP) is 3.23. The van der Waals surface area contributed by atoms with Gasteiger partial charge >= 0.3 is 5.97 Å². The van der Waals surface area contributed by atoms with Crippen LogP contribution in [0.5, 0.6) is 0 Å². The summed E-state index contributed by atoms with van der Waals surface area (Å²) in [5.41, 5.74) is 0.899. The molecule has 0 aliphatic carbocycles. The van der Waals surface area contributed by atoms with Crippen molar-refractivity contribution in [2.45, 2.75) is 18.1 Å². The van der Waals surface area contributed by atoms with Crippen LogP contribution in [0.1, 0.15) is 12.5 Å². The summed E-state index contributed by atoms with van der Waals surface area (Å²) < 4.78 is 5.18. The van der Waals surface area contributed by atoms with Gasteiger partial charge in [0, 0.05) is 11.1 Å². The van der Waals surface area contributed by atoms with Gasteiger partial charge in [0.05, 0.1) is 17.4 Å². The highest BCUT2D eigenvalue weighted by atomic mass is 32.2. The maximum atomic E-state index is 12.2. The van der Waals surface area contributed by atoms with Crippen molar-refractivity contribution < 1.29 is 14.3 Å². The van der Waals surface area contributed by atoms with Crippen LogP contribution in [0.15, 0.2) is 47.1 Å². The third-order valence-electron chi connectivity index (χ3n) is 3.49. The number of nitrogens with zero attached hydrogens (tertiary/aromatic N) is 3. The molecule has 1 N–H and O–H groups in total. The van der Waals surface area contributed by atoms with Crippen molar-refractivity contribution in [2.24, 2.45) is 0 Å². The first-order valence-electron chi connectivity index (χ1n) is 7.88. The molecule has 2 heterocycles. The Bertz CT molecular complexity index is 1030. The molecule has 1 atom stereocenters. The first kappa shape index (κ1) is 18.8. The van der Waals surface area contributed by atoms with E-state index < -0.39 is 18.0 Å². The lowest BCUT2D eigenvalue weighted by Gasteiger charge is -2.13. The van der Waals surface area contributed by atoms with Crippen LogP contribution in [0.3, 0.4) is 0 Å². The number of hydrogen-bond acceptors (Lipinski definition) is 8. The first-order chi connectivity index (χ1) is 13.1. The molecule has 1 amide bonds. The molecular formula is C18H14N4O3S2. The molecule has 0 fully saturated rings. The Labute approximate surface area is 163 Å². The maximum Gasteiger partial charge on any atom is 0.317 e. The number of aromatic nitrogens is 2. The Hall–Kier alpha value is -2.96. The van der Waals surface area contributed by atoms with Crippen molar-refractivity contribution in [3.05, 3.63) is 47.6 Å². The number of thioether (sulfide) groups is 1. The monoisotopic (exact) mass is 398 g/mol. The molecule has 0 aliphatic rings. The second kappa shape index (κ2) is 8.62. The molecular weight excluding hydrogens is 384 g/mol. The van der Waals surface area contributed by atoms with Crippen LogP contribution in [0.25, 0.3) is 10.2 Å². The lowest BCUT2D eigenvalue weighted by Crippen LogP contribution is -2.30. The number of carbonyl (C=O) groups is 2. The van der Waals surface area contributed by atoms with E-state index in [1.54, 1.807) is 24.3 Å². The average Bonchev–Trinajstić information content (AvgIpc) is 3.15. The Morgan fingerprint density at radius 3 is 3.04 bits per heavy atom. The Morgan fingerprint density at radius 1 is 1.37 bits per heavy atom. The highest BCUT2D eigenvalue weighted by molar-refractivity contribution is 8.00. The molecule has 136 valence electrons. The maximum absolute atomic E-state index is 12.2. The Morgan fingerprint density at radius 2 is 2.22 bits per heavy atom. The molecule has 0 aliphatic heterocycles. The minimum Gasteiger partial charge on any atom is -0.452 e. The Kier molecular flexibility index (Phi) is 6.01. The SMILES string of the molecule is C[C@H](OC(=O)CSc1ncnc2sccc12)C(=O)Nc1cccc(C#N)c1. The van der Waals surface area contributed by atoms with E-state index in [0.29, 0.717) is 16.3 Å². The fourth-order valence-electron chi connectivity index (χ4n) is 2.20. The fourth-order valence-corrected chi connectivity index (χ4v) is 3.77. The van der Waals surface area contributed by atoms with Crippen molar-refractivity contribution in [1.82, 2.24) is 9.97 Å². The van der Waals surface area contributed by atoms with Gasteiger partial charge in [-0.1, -0.05) is 17.8 Å². The van der Waals surface area contributed by atoms with E-state index in [1.807, 2.05) is 17.5 Å². The molecule has 27 heavy (non-hydrogen) atoms. The van der Waals surface area contributed by atoms with Crippen molar-refractivity contribution in [2.75, 3.05) is 11.1 Å². The lowest BCUT2D eigenvalue weighted by molar-refractivity contribution is -0.150. The number of anilines is 1. The number of esters is 1. The normalized spacial score (nSPS) is 11.6. The average molecular weight is 398 g/mol. The molecule has 0 bridgehead atoms. The number of thiophene rings is 1. The predicted molar refractivity (Wildman–Crippen MR) is 103 cm³/mol. The zero-order valence-electron chi connectivity index (χ0n) is 14.2. The second-order valence-electron chi connectivity index (χ2n) is 5.42. The van der Waals surface area contributed by atoms with E-state index in [9.17, 15) is 9.59 Å². The number of carbonyl (C=O) groups excluding carboxylic acids is 2. The van der Waals surface area contributed by atoms with Gasteiger partial charge in [0.1, 0.15) is 16.2 Å². The molecule has 3 aromatic rings. The topological polar surface area (TPSA) is 105 Å². The van der Waals surface area contributed by atoms with E-state index in [-0.39, 0.29) is 5.75 Å². The number of nitrogens with one attached hydrogen (secondary N) is 1. The molecule has 2 aromatic heterocycles. The van der Waals surface area contributed by atoms with Crippen molar-refractivity contribution >= 4 is 50.9 Å². The Balaban J connectivity index is 1.53. The van der Waals surface area contributed by atoms with Crippen LogP contribution in [0, 0.1) is 11.3 Å². The highest BCUT2D eigenvalue weighted by Crippen LogP contribution is 2.27. The third kappa shape index (κ3) is 4.81. The quantitative estimate of drug-likeness (QED) is 0.386. The van der Waals surface area contributed by atoms with E-state index in [1.165, 1.54) is 36.3 Å². The van der Waals surface area contributed by atoms with E-state index in [0.717, 1.165) is 10.2 Å². The summed E-state index contributed by atoms with van der Waals surface area (Å²) in [6.07, 6.45) is 0.494. The minimum atomic E-state index is -0.963. The van der Waals surface area contributed by atoms with Gasteiger partial charge < -0.3 is 10.1 Å². The second-order valence-corrected chi connectivity index (χ2v) is 7.28. The van der Waals surface area contributed by atoms with Crippen LogP contribution in [0.4, 0.5) is 5.69 Å². The van der Waals surface area contributed by atoms with Gasteiger partial charge in [0.2, 0.25) is 0 Å².